The van der Waals surface area contributed by atoms with Crippen molar-refractivity contribution in [1.29, 1.82) is 0 Å². The number of esters is 4. The van der Waals surface area contributed by atoms with Gasteiger partial charge in [0.25, 0.3) is 5.69 Å². The van der Waals surface area contributed by atoms with Crippen molar-refractivity contribution in [3.8, 4) is 0 Å². The highest BCUT2D eigenvalue weighted by Gasteiger charge is 2.52. The van der Waals surface area contributed by atoms with E-state index in [9.17, 15) is 29.3 Å². The van der Waals surface area contributed by atoms with E-state index < -0.39 is 59.4 Å². The number of hydrogen-bond acceptors (Lipinski definition) is 12. The first-order chi connectivity index (χ1) is 16.0. The van der Waals surface area contributed by atoms with Crippen LogP contribution >= 0.6 is 0 Å². The summed E-state index contributed by atoms with van der Waals surface area (Å²) in [6, 6.07) is 5.42. The zero-order valence-electron chi connectivity index (χ0n) is 18.9. The van der Waals surface area contributed by atoms with E-state index in [0.29, 0.717) is 5.56 Å². The Kier molecular flexibility index (Phi) is 9.18. The number of carbonyl (C=O) groups is 4. The van der Waals surface area contributed by atoms with E-state index in [-0.39, 0.29) is 12.3 Å². The third-order valence-corrected chi connectivity index (χ3v) is 4.44. The van der Waals surface area contributed by atoms with E-state index in [1.807, 2.05) is 0 Å². The van der Waals surface area contributed by atoms with E-state index in [4.69, 9.17) is 23.7 Å². The molecule has 184 valence electrons. The molecule has 2 rings (SSSR count). The lowest BCUT2D eigenvalue weighted by atomic mass is 9.97. The summed E-state index contributed by atoms with van der Waals surface area (Å²) in [4.78, 5) is 61.1. The average Bonchev–Trinajstić information content (AvgIpc) is 2.73. The van der Waals surface area contributed by atoms with E-state index in [0.717, 1.165) is 20.8 Å². The van der Waals surface area contributed by atoms with Crippen LogP contribution in [0.3, 0.4) is 0 Å². The zero-order valence-corrected chi connectivity index (χ0v) is 18.9. The molecule has 0 N–H and O–H groups in total. The standard InChI is InChI=1S/C21H24N2O11/c1-11(24)30-10-17-18(31-12(2)25)19(32-13(3)26)20(33-14(4)27)21(34-17)22-9-15-5-7-16(8-6-15)23(28)29/h5-9,17-21H,10H2,1-4H3/b22-9+/t17-,18-,19+,20-,21-/m1/s1. The lowest BCUT2D eigenvalue weighted by Crippen LogP contribution is -2.62. The summed E-state index contributed by atoms with van der Waals surface area (Å²) in [6.07, 6.45) is -5.02. The molecule has 0 unspecified atom stereocenters. The Labute approximate surface area is 194 Å². The molecule has 0 aromatic heterocycles. The second-order valence-corrected chi connectivity index (χ2v) is 7.22. The molecule has 1 heterocycles. The summed E-state index contributed by atoms with van der Waals surface area (Å²) in [5.41, 5.74) is 0.336. The molecule has 0 radical (unpaired) electrons. The van der Waals surface area contributed by atoms with Crippen molar-refractivity contribution in [3.05, 3.63) is 39.9 Å². The van der Waals surface area contributed by atoms with Crippen LogP contribution in [0.5, 0.6) is 0 Å². The van der Waals surface area contributed by atoms with E-state index >= 15 is 0 Å². The molecule has 1 aliphatic heterocycles. The van der Waals surface area contributed by atoms with Crippen LogP contribution in [0, 0.1) is 10.1 Å². The van der Waals surface area contributed by atoms with Gasteiger partial charge in [0.1, 0.15) is 12.7 Å². The molecule has 1 aromatic rings. The van der Waals surface area contributed by atoms with Crippen molar-refractivity contribution in [2.75, 3.05) is 6.61 Å². The fourth-order valence-electron chi connectivity index (χ4n) is 3.17. The van der Waals surface area contributed by atoms with Crippen LogP contribution in [0.2, 0.25) is 0 Å². The summed E-state index contributed by atoms with van der Waals surface area (Å²) in [7, 11) is 0. The minimum atomic E-state index is -1.33. The molecular weight excluding hydrogens is 456 g/mol. The van der Waals surface area contributed by atoms with Crippen LogP contribution in [0.15, 0.2) is 29.3 Å². The van der Waals surface area contributed by atoms with Gasteiger partial charge in [-0.2, -0.15) is 0 Å². The Morgan fingerprint density at radius 1 is 0.912 bits per heavy atom. The van der Waals surface area contributed by atoms with Gasteiger partial charge in [0.15, 0.2) is 24.5 Å². The number of nitro groups is 1. The summed E-state index contributed by atoms with van der Waals surface area (Å²) in [5, 5.41) is 10.8. The number of nitro benzene ring substituents is 1. The van der Waals surface area contributed by atoms with Crippen LogP contribution in [0.4, 0.5) is 5.69 Å². The van der Waals surface area contributed by atoms with Gasteiger partial charge in [0.2, 0.25) is 0 Å². The van der Waals surface area contributed by atoms with E-state index in [1.54, 1.807) is 0 Å². The summed E-state index contributed by atoms with van der Waals surface area (Å²) in [5.74, 6) is -2.89. The Morgan fingerprint density at radius 3 is 1.94 bits per heavy atom. The van der Waals surface area contributed by atoms with Crippen molar-refractivity contribution >= 4 is 35.8 Å². The maximum absolute atomic E-state index is 11.8. The van der Waals surface area contributed by atoms with Crippen molar-refractivity contribution in [1.82, 2.24) is 0 Å². The fraction of sp³-hybridized carbons (Fsp3) is 0.476. The molecule has 13 nitrogen and oxygen atoms in total. The molecule has 13 heteroatoms. The predicted molar refractivity (Wildman–Crippen MR) is 113 cm³/mol. The predicted octanol–water partition coefficient (Wildman–Crippen LogP) is 1.10. The SMILES string of the molecule is CC(=O)OC[C@H]1O[C@@H](/N=C/c2ccc([N+](=O)[O-])cc2)[C@H](OC(C)=O)[C@@H](OC(C)=O)[C@@H]1OC(C)=O. The van der Waals surface area contributed by atoms with Gasteiger partial charge < -0.3 is 23.7 Å². The molecule has 0 spiro atoms. The monoisotopic (exact) mass is 480 g/mol. The first-order valence-corrected chi connectivity index (χ1v) is 10.1. The number of benzene rings is 1. The van der Waals surface area contributed by atoms with Crippen molar-refractivity contribution in [3.63, 3.8) is 0 Å². The summed E-state index contributed by atoms with van der Waals surface area (Å²) >= 11 is 0. The number of non-ortho nitro benzene ring substituents is 1. The Balaban J connectivity index is 2.44. The summed E-state index contributed by atoms with van der Waals surface area (Å²) in [6.45, 7) is 4.14. The number of nitrogens with zero attached hydrogens (tertiary/aromatic N) is 2. The highest BCUT2D eigenvalue weighted by atomic mass is 16.7. The molecule has 5 atom stereocenters. The van der Waals surface area contributed by atoms with E-state index in [2.05, 4.69) is 4.99 Å². The van der Waals surface area contributed by atoms with Gasteiger partial charge in [-0.25, -0.2) is 0 Å². The quantitative estimate of drug-likeness (QED) is 0.172. The first kappa shape index (κ1) is 26.4. The molecule has 0 amide bonds. The number of aliphatic imine (C=N–C) groups is 1. The van der Waals surface area contributed by atoms with Gasteiger partial charge in [0.05, 0.1) is 4.92 Å². The average molecular weight is 480 g/mol. The normalized spacial score (nSPS) is 24.2. The molecule has 0 aliphatic carbocycles. The lowest BCUT2D eigenvalue weighted by Gasteiger charge is -2.43. The third-order valence-electron chi connectivity index (χ3n) is 4.44. The van der Waals surface area contributed by atoms with Gasteiger partial charge in [-0.1, -0.05) is 0 Å². The Bertz CT molecular complexity index is 960. The Hall–Kier alpha value is -3.87. The maximum Gasteiger partial charge on any atom is 0.303 e. The summed E-state index contributed by atoms with van der Waals surface area (Å²) < 4.78 is 26.7. The molecule has 0 saturated carbocycles. The highest BCUT2D eigenvalue weighted by Crippen LogP contribution is 2.30. The number of hydrogen-bond donors (Lipinski definition) is 0. The second-order valence-electron chi connectivity index (χ2n) is 7.22. The van der Waals surface area contributed by atoms with Gasteiger partial charge >= 0.3 is 23.9 Å². The molecule has 1 aromatic carbocycles. The lowest BCUT2D eigenvalue weighted by molar-refractivity contribution is -0.384. The molecular formula is C21H24N2O11. The topological polar surface area (TPSA) is 170 Å². The van der Waals surface area contributed by atoms with Gasteiger partial charge in [0, 0.05) is 46.0 Å². The minimum Gasteiger partial charge on any atom is -0.463 e. The van der Waals surface area contributed by atoms with Gasteiger partial charge in [-0.05, 0) is 17.7 Å². The van der Waals surface area contributed by atoms with Crippen LogP contribution in [0.1, 0.15) is 33.3 Å². The van der Waals surface area contributed by atoms with Crippen molar-refractivity contribution in [2.45, 2.75) is 58.3 Å². The molecule has 1 aliphatic rings. The van der Waals surface area contributed by atoms with Crippen LogP contribution in [-0.2, 0) is 42.9 Å². The maximum atomic E-state index is 11.8. The van der Waals surface area contributed by atoms with E-state index in [1.165, 1.54) is 37.4 Å². The largest absolute Gasteiger partial charge is 0.463 e. The molecule has 1 fully saturated rings. The van der Waals surface area contributed by atoms with Crippen LogP contribution in [0.25, 0.3) is 0 Å². The number of rotatable bonds is 8. The smallest absolute Gasteiger partial charge is 0.303 e. The fourth-order valence-corrected chi connectivity index (χ4v) is 3.17. The number of ether oxygens (including phenoxy) is 5. The molecule has 34 heavy (non-hydrogen) atoms. The molecule has 1 saturated heterocycles. The van der Waals surface area contributed by atoms with Gasteiger partial charge in [-0.3, -0.25) is 34.3 Å². The van der Waals surface area contributed by atoms with Gasteiger partial charge in [-0.15, -0.1) is 0 Å². The van der Waals surface area contributed by atoms with Crippen molar-refractivity contribution < 1.29 is 47.8 Å². The zero-order chi connectivity index (χ0) is 25.4. The van der Waals surface area contributed by atoms with Crippen LogP contribution in [-0.4, -0.2) is 72.3 Å². The first-order valence-electron chi connectivity index (χ1n) is 10.1. The second kappa shape index (κ2) is 11.8. The third kappa shape index (κ3) is 7.62. The number of carbonyl (C=O) groups excluding carboxylic acids is 4. The Morgan fingerprint density at radius 2 is 1.44 bits per heavy atom. The highest BCUT2D eigenvalue weighted by molar-refractivity contribution is 5.80. The minimum absolute atomic E-state index is 0.121. The van der Waals surface area contributed by atoms with Crippen molar-refractivity contribution in [2.24, 2.45) is 4.99 Å². The molecule has 0 bridgehead atoms. The van der Waals surface area contributed by atoms with Crippen LogP contribution < -0.4 is 0 Å².